The van der Waals surface area contributed by atoms with Gasteiger partial charge in [0.25, 0.3) is 11.8 Å². The van der Waals surface area contributed by atoms with E-state index in [1.165, 1.54) is 28.0 Å². The molecule has 1 atom stereocenters. The van der Waals surface area contributed by atoms with Crippen molar-refractivity contribution in [3.05, 3.63) is 46.9 Å². The molecule has 2 aromatic carbocycles. The number of halogens is 3. The van der Waals surface area contributed by atoms with Crippen molar-refractivity contribution in [3.63, 3.8) is 0 Å². The molecule has 0 radical (unpaired) electrons. The van der Waals surface area contributed by atoms with Gasteiger partial charge in [0.1, 0.15) is 29.6 Å². The van der Waals surface area contributed by atoms with Gasteiger partial charge >= 0.3 is 6.01 Å². The molecule has 1 N–H and O–H groups in total. The first-order chi connectivity index (χ1) is 21.1. The Labute approximate surface area is 255 Å². The number of likely N-dealkylation sites (N-methyl/N-ethyl adjacent to an activating group) is 1. The highest BCUT2D eigenvalue weighted by Crippen LogP contribution is 2.42. The molecule has 44 heavy (non-hydrogen) atoms. The number of benzene rings is 2. The Bertz CT molecular complexity index is 1580. The highest BCUT2D eigenvalue weighted by atomic mass is 19.3. The molecule has 0 bridgehead atoms. The fourth-order valence-electron chi connectivity index (χ4n) is 7.30. The van der Waals surface area contributed by atoms with Crippen LogP contribution in [0.1, 0.15) is 80.4 Å². The Kier molecular flexibility index (Phi) is 8.11. The van der Waals surface area contributed by atoms with Crippen molar-refractivity contribution >= 4 is 28.2 Å². The van der Waals surface area contributed by atoms with E-state index in [0.717, 1.165) is 32.2 Å². The predicted octanol–water partition coefficient (Wildman–Crippen LogP) is 6.47. The third-order valence-electron chi connectivity index (χ3n) is 9.56. The highest BCUT2D eigenvalue weighted by molar-refractivity contribution is 6.16. The van der Waals surface area contributed by atoms with Crippen molar-refractivity contribution in [2.24, 2.45) is 0 Å². The van der Waals surface area contributed by atoms with Gasteiger partial charge in [0.2, 0.25) is 0 Å². The topological polar surface area (TPSA) is 82.0 Å². The Balaban J connectivity index is 1.44. The lowest BCUT2D eigenvalue weighted by atomic mass is 9.92. The zero-order chi connectivity index (χ0) is 31.2. The summed E-state index contributed by atoms with van der Waals surface area (Å²) in [4.78, 5) is 28.8. The van der Waals surface area contributed by atoms with E-state index in [9.17, 15) is 23.1 Å². The highest BCUT2D eigenvalue weighted by Gasteiger charge is 2.42. The molecule has 8 nitrogen and oxygen atoms in total. The first-order valence-electron chi connectivity index (χ1n) is 15.7. The van der Waals surface area contributed by atoms with E-state index in [4.69, 9.17) is 4.74 Å². The van der Waals surface area contributed by atoms with E-state index in [1.54, 1.807) is 6.07 Å². The summed E-state index contributed by atoms with van der Waals surface area (Å²) in [5.74, 6) is -3.77. The molecule has 0 aliphatic carbocycles. The summed E-state index contributed by atoms with van der Waals surface area (Å²) in [6.45, 7) is 5.03. The van der Waals surface area contributed by atoms with Crippen molar-refractivity contribution in [2.75, 3.05) is 43.1 Å². The minimum absolute atomic E-state index is 0.00249. The molecule has 6 rings (SSSR count). The minimum Gasteiger partial charge on any atom is -0.508 e. The number of hydrogen-bond acceptors (Lipinski definition) is 7. The number of hydrogen-bond donors (Lipinski definition) is 1. The van der Waals surface area contributed by atoms with E-state index < -0.39 is 24.2 Å². The minimum atomic E-state index is -2.94. The summed E-state index contributed by atoms with van der Waals surface area (Å²) >= 11 is 0. The van der Waals surface area contributed by atoms with E-state index in [0.29, 0.717) is 60.1 Å². The van der Waals surface area contributed by atoms with Crippen LogP contribution in [-0.4, -0.2) is 70.6 Å². The van der Waals surface area contributed by atoms with Gasteiger partial charge in [-0.25, -0.2) is 13.2 Å². The Morgan fingerprint density at radius 2 is 1.89 bits per heavy atom. The molecular weight excluding hydrogens is 571 g/mol. The Morgan fingerprint density at radius 3 is 2.61 bits per heavy atom. The van der Waals surface area contributed by atoms with Gasteiger partial charge < -0.3 is 19.6 Å². The lowest BCUT2D eigenvalue weighted by molar-refractivity contribution is 0.00328. The van der Waals surface area contributed by atoms with Gasteiger partial charge in [-0.05, 0) is 75.2 Å². The SMILES string of the molecule is CCCC1(COc2nc3c(c(N4CCCCC(F)(F)C4)n2)C(=O)N(c2cc(O)cc4ccc(F)c(CC)c24)C3)CCCN1C. The van der Waals surface area contributed by atoms with Crippen molar-refractivity contribution in [2.45, 2.75) is 83.2 Å². The molecule has 2 saturated heterocycles. The van der Waals surface area contributed by atoms with Crippen molar-refractivity contribution in [1.82, 2.24) is 14.9 Å². The number of phenols is 1. The zero-order valence-electron chi connectivity index (χ0n) is 25.6. The van der Waals surface area contributed by atoms with Crippen LogP contribution in [0.2, 0.25) is 0 Å². The van der Waals surface area contributed by atoms with Crippen LogP contribution in [0.25, 0.3) is 10.8 Å². The number of phenolic OH excluding ortho intramolecular Hbond substituents is 1. The maximum absolute atomic E-state index is 15.0. The Morgan fingerprint density at radius 1 is 1.07 bits per heavy atom. The van der Waals surface area contributed by atoms with Crippen LogP contribution in [0.3, 0.4) is 0 Å². The second kappa shape index (κ2) is 11.7. The van der Waals surface area contributed by atoms with Crippen LogP contribution in [-0.2, 0) is 13.0 Å². The first-order valence-corrected chi connectivity index (χ1v) is 15.7. The van der Waals surface area contributed by atoms with E-state index >= 15 is 0 Å². The number of likely N-dealkylation sites (tertiary alicyclic amines) is 1. The Hall–Kier alpha value is -3.60. The molecule has 11 heteroatoms. The molecule has 0 saturated carbocycles. The van der Waals surface area contributed by atoms with Gasteiger partial charge in [-0.3, -0.25) is 9.69 Å². The fraction of sp³-hybridized carbons (Fsp3) is 0.545. The normalized spacial score (nSPS) is 22.1. The van der Waals surface area contributed by atoms with Crippen LogP contribution >= 0.6 is 0 Å². The predicted molar refractivity (Wildman–Crippen MR) is 164 cm³/mol. The second-order valence-corrected chi connectivity index (χ2v) is 12.5. The first kappa shape index (κ1) is 30.4. The van der Waals surface area contributed by atoms with Gasteiger partial charge in [-0.15, -0.1) is 0 Å². The summed E-state index contributed by atoms with van der Waals surface area (Å²) in [5, 5.41) is 11.7. The molecule has 2 fully saturated rings. The number of aromatic hydroxyl groups is 1. The molecule has 1 aromatic heterocycles. The standard InChI is InChI=1S/C33H40F3N5O3/c1-4-11-32(12-8-14-39(32)3)20-44-31-37-25-18-41(26-17-22(42)16-21-9-10-24(34)23(5-2)27(21)26)30(43)28(25)29(38-31)40-15-7-6-13-33(35,36)19-40/h9-10,16-17,42H,4-8,11-15,18-20H2,1-3H3. The van der Waals surface area contributed by atoms with Crippen LogP contribution in [0.15, 0.2) is 24.3 Å². The summed E-state index contributed by atoms with van der Waals surface area (Å²) in [5.41, 5.74) is 1.09. The molecular formula is C33H40F3N5O3. The number of rotatable bonds is 8. The molecule has 236 valence electrons. The average Bonchev–Trinajstić information content (AvgIpc) is 3.44. The largest absolute Gasteiger partial charge is 0.508 e. The number of aryl methyl sites for hydroxylation is 1. The average molecular weight is 612 g/mol. The second-order valence-electron chi connectivity index (χ2n) is 12.5. The van der Waals surface area contributed by atoms with Gasteiger partial charge in [0.05, 0.1) is 30.0 Å². The molecule has 3 aliphatic heterocycles. The maximum atomic E-state index is 15.0. The fourth-order valence-corrected chi connectivity index (χ4v) is 7.30. The van der Waals surface area contributed by atoms with Crippen molar-refractivity contribution in [3.8, 4) is 11.8 Å². The number of amides is 1. The lowest BCUT2D eigenvalue weighted by Gasteiger charge is -2.35. The zero-order valence-corrected chi connectivity index (χ0v) is 25.6. The van der Waals surface area contributed by atoms with E-state index in [-0.39, 0.29) is 41.6 Å². The van der Waals surface area contributed by atoms with Crippen LogP contribution in [0, 0.1) is 5.82 Å². The summed E-state index contributed by atoms with van der Waals surface area (Å²) in [6, 6.07) is 5.96. The number of anilines is 2. The molecule has 3 aromatic rings. The van der Waals surface area contributed by atoms with Crippen LogP contribution in [0.4, 0.5) is 24.7 Å². The molecule has 1 amide bonds. The summed E-state index contributed by atoms with van der Waals surface area (Å²) < 4.78 is 51.0. The van der Waals surface area contributed by atoms with Gasteiger partial charge in [0.15, 0.2) is 0 Å². The number of carbonyl (C=O) groups is 1. The number of ether oxygens (including phenoxy) is 1. The van der Waals surface area contributed by atoms with Crippen LogP contribution < -0.4 is 14.5 Å². The van der Waals surface area contributed by atoms with Gasteiger partial charge in [-0.1, -0.05) is 26.3 Å². The van der Waals surface area contributed by atoms with E-state index in [1.807, 2.05) is 6.92 Å². The summed E-state index contributed by atoms with van der Waals surface area (Å²) in [7, 11) is 2.09. The number of aromatic nitrogens is 2. The summed E-state index contributed by atoms with van der Waals surface area (Å²) in [6.07, 6.45) is 4.99. The van der Waals surface area contributed by atoms with Crippen LogP contribution in [0.5, 0.6) is 11.8 Å². The number of carbonyl (C=O) groups excluding carboxylic acids is 1. The smallest absolute Gasteiger partial charge is 0.318 e. The quantitative estimate of drug-likeness (QED) is 0.313. The molecule has 4 heterocycles. The monoisotopic (exact) mass is 611 g/mol. The van der Waals surface area contributed by atoms with Crippen molar-refractivity contribution in [1.29, 1.82) is 0 Å². The van der Waals surface area contributed by atoms with Crippen molar-refractivity contribution < 1.29 is 27.8 Å². The number of alkyl halides is 2. The molecule has 0 spiro atoms. The maximum Gasteiger partial charge on any atom is 0.318 e. The number of nitrogens with zero attached hydrogens (tertiary/aromatic N) is 5. The lowest BCUT2D eigenvalue weighted by Crippen LogP contribution is -2.46. The third-order valence-corrected chi connectivity index (χ3v) is 9.56. The molecule has 1 unspecified atom stereocenters. The van der Waals surface area contributed by atoms with Gasteiger partial charge in [-0.2, -0.15) is 9.97 Å². The molecule has 3 aliphatic rings. The third kappa shape index (κ3) is 5.44. The van der Waals surface area contributed by atoms with E-state index in [2.05, 4.69) is 28.8 Å². The van der Waals surface area contributed by atoms with Gasteiger partial charge in [0, 0.05) is 24.4 Å². The number of fused-ring (bicyclic) bond motifs is 2.